The molecular weight excluding hydrogens is 400 g/mol. The summed E-state index contributed by atoms with van der Waals surface area (Å²) >= 11 is 0. The Morgan fingerprint density at radius 1 is 1.23 bits per heavy atom. The summed E-state index contributed by atoms with van der Waals surface area (Å²) in [5.74, 6) is -2.49. The van der Waals surface area contributed by atoms with E-state index in [1.807, 2.05) is 0 Å². The number of H-pyrrole nitrogens is 1. The van der Waals surface area contributed by atoms with Crippen molar-refractivity contribution < 1.29 is 23.2 Å². The third-order valence-electron chi connectivity index (χ3n) is 4.53. The van der Waals surface area contributed by atoms with Gasteiger partial charge in [-0.2, -0.15) is 0 Å². The van der Waals surface area contributed by atoms with Gasteiger partial charge in [0.15, 0.2) is 0 Å². The molecule has 0 unspecified atom stereocenters. The molecule has 0 saturated carbocycles. The monoisotopic (exact) mass is 417 g/mol. The van der Waals surface area contributed by atoms with E-state index in [1.54, 1.807) is 13.8 Å². The summed E-state index contributed by atoms with van der Waals surface area (Å²) in [6.45, 7) is 3.09. The molecule has 0 amide bonds. The molecule has 11 heteroatoms. The zero-order chi connectivity index (χ0) is 22.2. The molecule has 30 heavy (non-hydrogen) atoms. The number of aromatic nitrogens is 3. The zero-order valence-corrected chi connectivity index (χ0v) is 16.2. The van der Waals surface area contributed by atoms with Crippen LogP contribution in [0.3, 0.4) is 0 Å². The summed E-state index contributed by atoms with van der Waals surface area (Å²) in [6, 6.07) is 5.40. The van der Waals surface area contributed by atoms with E-state index in [0.717, 1.165) is 12.1 Å². The van der Waals surface area contributed by atoms with Crippen LogP contribution in [-0.4, -0.2) is 33.0 Å². The first kappa shape index (κ1) is 20.8. The number of nitro groups is 1. The number of benzene rings is 1. The lowest BCUT2D eigenvalue weighted by Gasteiger charge is -2.18. The summed E-state index contributed by atoms with van der Waals surface area (Å²) in [5.41, 5.74) is 4.26. The van der Waals surface area contributed by atoms with E-state index in [-0.39, 0.29) is 34.3 Å². The van der Waals surface area contributed by atoms with E-state index in [0.29, 0.717) is 6.07 Å². The first-order valence-corrected chi connectivity index (χ1v) is 8.62. The third-order valence-corrected chi connectivity index (χ3v) is 4.53. The number of carbonyl (C=O) groups is 1. The van der Waals surface area contributed by atoms with Gasteiger partial charge >= 0.3 is 11.7 Å². The van der Waals surface area contributed by atoms with Crippen LogP contribution in [0.25, 0.3) is 22.6 Å². The van der Waals surface area contributed by atoms with Gasteiger partial charge in [0.1, 0.15) is 28.6 Å². The minimum Gasteiger partial charge on any atom is -0.468 e. The van der Waals surface area contributed by atoms with Crippen molar-refractivity contribution in [1.82, 2.24) is 15.0 Å². The summed E-state index contributed by atoms with van der Waals surface area (Å²) in [5, 5.41) is 11.0. The van der Waals surface area contributed by atoms with Crippen molar-refractivity contribution in [3.05, 3.63) is 57.9 Å². The number of pyridine rings is 1. The average Bonchev–Trinajstić information content (AvgIpc) is 3.12. The molecular formula is C19H17F2N5O4. The largest absolute Gasteiger partial charge is 0.468 e. The van der Waals surface area contributed by atoms with Crippen molar-refractivity contribution >= 4 is 17.5 Å². The highest BCUT2D eigenvalue weighted by molar-refractivity contribution is 5.83. The highest BCUT2D eigenvalue weighted by atomic mass is 19.1. The molecule has 9 nitrogen and oxygen atoms in total. The second-order valence-electron chi connectivity index (χ2n) is 6.91. The molecule has 0 aliphatic heterocycles. The predicted molar refractivity (Wildman–Crippen MR) is 103 cm³/mol. The van der Waals surface area contributed by atoms with E-state index in [2.05, 4.69) is 15.0 Å². The number of esters is 1. The Labute approximate surface area is 169 Å². The number of carbonyl (C=O) groups excluding carboxylic acids is 1. The van der Waals surface area contributed by atoms with Crippen molar-refractivity contribution in [3.63, 3.8) is 0 Å². The third kappa shape index (κ3) is 3.56. The van der Waals surface area contributed by atoms with Gasteiger partial charge < -0.3 is 15.5 Å². The summed E-state index contributed by atoms with van der Waals surface area (Å²) in [7, 11) is 1.22. The molecule has 0 spiro atoms. The van der Waals surface area contributed by atoms with Crippen LogP contribution < -0.4 is 5.73 Å². The minimum absolute atomic E-state index is 0.0375. The number of nitrogens with zero attached hydrogens (tertiary/aromatic N) is 3. The van der Waals surface area contributed by atoms with Crippen molar-refractivity contribution in [2.45, 2.75) is 19.3 Å². The maximum absolute atomic E-state index is 14.5. The predicted octanol–water partition coefficient (Wildman–Crippen LogP) is 3.36. The summed E-state index contributed by atoms with van der Waals surface area (Å²) in [4.78, 5) is 33.8. The van der Waals surface area contributed by atoms with Crippen LogP contribution in [-0.2, 0) is 14.9 Å². The van der Waals surface area contributed by atoms with Crippen LogP contribution in [0.1, 0.15) is 19.7 Å². The molecule has 2 aromatic heterocycles. The Balaban J connectivity index is 2.26. The molecule has 1 aromatic carbocycles. The molecule has 0 fully saturated rings. The second-order valence-corrected chi connectivity index (χ2v) is 6.91. The fourth-order valence-electron chi connectivity index (χ4n) is 2.85. The van der Waals surface area contributed by atoms with E-state index < -0.39 is 33.6 Å². The number of methoxy groups -OCH3 is 1. The lowest BCUT2D eigenvalue weighted by atomic mass is 9.93. The van der Waals surface area contributed by atoms with Gasteiger partial charge in [-0.3, -0.25) is 14.9 Å². The maximum atomic E-state index is 14.5. The number of hydrogen-bond acceptors (Lipinski definition) is 7. The highest BCUT2D eigenvalue weighted by Gasteiger charge is 2.36. The topological polar surface area (TPSA) is 137 Å². The molecule has 0 aliphatic rings. The number of rotatable bonds is 5. The smallest absolute Gasteiger partial charge is 0.318 e. The van der Waals surface area contributed by atoms with E-state index in [4.69, 9.17) is 10.5 Å². The lowest BCUT2D eigenvalue weighted by Crippen LogP contribution is -2.31. The fourth-order valence-corrected chi connectivity index (χ4v) is 2.85. The Kier molecular flexibility index (Phi) is 5.21. The first-order valence-electron chi connectivity index (χ1n) is 8.62. The van der Waals surface area contributed by atoms with Gasteiger partial charge in [0.25, 0.3) is 0 Å². The van der Waals surface area contributed by atoms with Crippen molar-refractivity contribution in [2.24, 2.45) is 0 Å². The summed E-state index contributed by atoms with van der Waals surface area (Å²) in [6.07, 6.45) is 0. The van der Waals surface area contributed by atoms with Crippen LogP contribution in [0.2, 0.25) is 0 Å². The van der Waals surface area contributed by atoms with Crippen LogP contribution in [0.5, 0.6) is 0 Å². The number of aromatic amines is 1. The SMILES string of the molecule is COC(=O)C(C)(C)c1nc(-c2ccc([N+](=O)[O-])c(N)n2)c(-c2ccc(F)cc2F)[nH]1. The van der Waals surface area contributed by atoms with Crippen molar-refractivity contribution in [3.8, 4) is 22.6 Å². The molecule has 3 N–H and O–H groups in total. The molecule has 3 aromatic rings. The second kappa shape index (κ2) is 7.50. The minimum atomic E-state index is -1.25. The molecule has 0 aliphatic carbocycles. The van der Waals surface area contributed by atoms with E-state index in [9.17, 15) is 23.7 Å². The summed E-state index contributed by atoms with van der Waals surface area (Å²) < 4.78 is 32.7. The van der Waals surface area contributed by atoms with Crippen molar-refractivity contribution in [1.29, 1.82) is 0 Å². The number of halogens is 2. The van der Waals surface area contributed by atoms with Gasteiger partial charge in [-0.1, -0.05) is 0 Å². The Morgan fingerprint density at radius 2 is 1.93 bits per heavy atom. The Morgan fingerprint density at radius 3 is 2.50 bits per heavy atom. The Hall–Kier alpha value is -3.89. The molecule has 0 radical (unpaired) electrons. The lowest BCUT2D eigenvalue weighted by molar-refractivity contribution is -0.384. The molecule has 0 bridgehead atoms. The van der Waals surface area contributed by atoms with Gasteiger partial charge in [0.05, 0.1) is 23.4 Å². The first-order chi connectivity index (χ1) is 14.1. The van der Waals surface area contributed by atoms with Crippen LogP contribution in [0, 0.1) is 21.7 Å². The molecule has 0 saturated heterocycles. The van der Waals surface area contributed by atoms with Gasteiger partial charge in [-0.05, 0) is 32.0 Å². The van der Waals surface area contributed by atoms with Gasteiger partial charge in [0.2, 0.25) is 5.82 Å². The average molecular weight is 417 g/mol. The number of imidazole rings is 1. The van der Waals surface area contributed by atoms with E-state index >= 15 is 0 Å². The fraction of sp³-hybridized carbons (Fsp3) is 0.211. The van der Waals surface area contributed by atoms with Crippen LogP contribution in [0.15, 0.2) is 30.3 Å². The number of ether oxygens (including phenoxy) is 1. The number of nitrogens with two attached hydrogens (primary N) is 1. The number of hydrogen-bond donors (Lipinski definition) is 2. The van der Waals surface area contributed by atoms with E-state index in [1.165, 1.54) is 19.2 Å². The van der Waals surface area contributed by atoms with Gasteiger partial charge in [-0.15, -0.1) is 0 Å². The molecule has 3 rings (SSSR count). The number of nitrogen functional groups attached to an aromatic ring is 1. The number of anilines is 1. The van der Waals surface area contributed by atoms with Crippen LogP contribution >= 0.6 is 0 Å². The molecule has 156 valence electrons. The molecule has 2 heterocycles. The van der Waals surface area contributed by atoms with Crippen molar-refractivity contribution in [2.75, 3.05) is 12.8 Å². The van der Waals surface area contributed by atoms with Gasteiger partial charge in [-0.25, -0.2) is 18.7 Å². The van der Waals surface area contributed by atoms with Gasteiger partial charge in [0, 0.05) is 17.7 Å². The highest BCUT2D eigenvalue weighted by Crippen LogP contribution is 2.36. The maximum Gasteiger partial charge on any atom is 0.318 e. The quantitative estimate of drug-likeness (QED) is 0.369. The standard InChI is InChI=1S/C19H17F2N5O4/c1-19(2,18(27)30-3)17-24-14(10-5-4-9(20)8-11(10)21)15(25-17)12-6-7-13(26(28)29)16(22)23-12/h4-8H,1-3H3,(H2,22,23)(H,24,25). The molecule has 0 atom stereocenters. The number of nitrogens with one attached hydrogen (secondary N) is 1. The van der Waals surface area contributed by atoms with Crippen LogP contribution in [0.4, 0.5) is 20.3 Å². The Bertz CT molecular complexity index is 1160. The normalized spacial score (nSPS) is 11.4. The zero-order valence-electron chi connectivity index (χ0n) is 16.2.